The second-order valence-electron chi connectivity index (χ2n) is 6.38. The molecule has 0 aliphatic carbocycles. The van der Waals surface area contributed by atoms with Gasteiger partial charge in [-0.25, -0.2) is 8.42 Å². The summed E-state index contributed by atoms with van der Waals surface area (Å²) in [5.74, 6) is -0.438. The number of anilines is 1. The number of hydrogen-bond donors (Lipinski definition) is 1. The molecular formula is C18H18ClN3O5S. The number of benzene rings is 2. The summed E-state index contributed by atoms with van der Waals surface area (Å²) in [5, 5.41) is 14.0. The average molecular weight is 424 g/mol. The molecule has 8 nitrogen and oxygen atoms in total. The number of rotatable bonds is 5. The molecule has 0 radical (unpaired) electrons. The van der Waals surface area contributed by atoms with Crippen LogP contribution in [0.4, 0.5) is 11.4 Å². The van der Waals surface area contributed by atoms with E-state index in [-0.39, 0.29) is 17.1 Å². The van der Waals surface area contributed by atoms with E-state index in [1.165, 1.54) is 12.1 Å². The minimum Gasteiger partial charge on any atom is -0.325 e. The number of nitrogens with zero attached hydrogens (tertiary/aromatic N) is 2. The maximum absolute atomic E-state index is 13.0. The van der Waals surface area contributed by atoms with Gasteiger partial charge < -0.3 is 5.32 Å². The van der Waals surface area contributed by atoms with E-state index in [0.29, 0.717) is 23.6 Å². The quantitative estimate of drug-likeness (QED) is 0.585. The van der Waals surface area contributed by atoms with Gasteiger partial charge in [0.05, 0.1) is 9.82 Å². The number of non-ortho nitro benzene ring substituents is 1. The third-order valence-corrected chi connectivity index (χ3v) is 6.66. The fourth-order valence-corrected chi connectivity index (χ4v) is 4.97. The number of amides is 1. The zero-order valence-corrected chi connectivity index (χ0v) is 16.3. The van der Waals surface area contributed by atoms with Gasteiger partial charge in [-0.2, -0.15) is 4.31 Å². The molecule has 0 bridgehead atoms. The van der Waals surface area contributed by atoms with E-state index in [2.05, 4.69) is 5.32 Å². The van der Waals surface area contributed by atoms with E-state index in [1.807, 2.05) is 0 Å². The largest absolute Gasteiger partial charge is 0.325 e. The summed E-state index contributed by atoms with van der Waals surface area (Å²) in [7, 11) is -3.98. The Kier molecular flexibility index (Phi) is 5.97. The minimum atomic E-state index is -3.98. The Bertz CT molecular complexity index is 995. The smallest absolute Gasteiger partial charge is 0.269 e. The maximum Gasteiger partial charge on any atom is 0.269 e. The summed E-state index contributed by atoms with van der Waals surface area (Å²) < 4.78 is 27.3. The van der Waals surface area contributed by atoms with Crippen LogP contribution in [0, 0.1) is 10.1 Å². The van der Waals surface area contributed by atoms with Gasteiger partial charge in [-0.05, 0) is 43.2 Å². The van der Waals surface area contributed by atoms with Gasteiger partial charge in [-0.1, -0.05) is 24.1 Å². The highest BCUT2D eigenvalue weighted by atomic mass is 35.5. The third kappa shape index (κ3) is 4.32. The Labute approximate surface area is 167 Å². The molecule has 1 heterocycles. The zero-order chi connectivity index (χ0) is 20.3. The molecule has 1 atom stereocenters. The van der Waals surface area contributed by atoms with Crippen LogP contribution in [0.25, 0.3) is 0 Å². The van der Waals surface area contributed by atoms with Crippen LogP contribution >= 0.6 is 11.6 Å². The van der Waals surface area contributed by atoms with Gasteiger partial charge in [0.2, 0.25) is 15.9 Å². The van der Waals surface area contributed by atoms with Crippen LogP contribution < -0.4 is 5.32 Å². The summed E-state index contributed by atoms with van der Waals surface area (Å²) in [5.41, 5.74) is 0.281. The molecule has 1 aliphatic rings. The number of sulfonamides is 1. The predicted octanol–water partition coefficient (Wildman–Crippen LogP) is 3.43. The minimum absolute atomic E-state index is 0.0828. The Morgan fingerprint density at radius 3 is 2.54 bits per heavy atom. The Morgan fingerprint density at radius 1 is 1.18 bits per heavy atom. The molecule has 10 heteroatoms. The first-order valence-corrected chi connectivity index (χ1v) is 10.4. The highest BCUT2D eigenvalue weighted by Gasteiger charge is 2.37. The number of carbonyl (C=O) groups excluding carboxylic acids is 1. The van der Waals surface area contributed by atoms with E-state index in [9.17, 15) is 23.3 Å². The van der Waals surface area contributed by atoms with Crippen LogP contribution in [0.2, 0.25) is 5.02 Å². The SMILES string of the molecule is O=C(Nc1cccc(Cl)c1)[C@H]1CCCCN1S(=O)(=O)c1ccc([N+](=O)[O-])cc1. The van der Waals surface area contributed by atoms with Crippen molar-refractivity contribution < 1.29 is 18.1 Å². The molecule has 3 rings (SSSR count). The molecule has 1 saturated heterocycles. The lowest BCUT2D eigenvalue weighted by atomic mass is 10.0. The molecule has 148 valence electrons. The van der Waals surface area contributed by atoms with Crippen molar-refractivity contribution >= 4 is 38.9 Å². The Balaban J connectivity index is 1.85. The molecule has 1 fully saturated rings. The number of nitro groups is 1. The number of nitrogens with one attached hydrogen (secondary N) is 1. The van der Waals surface area contributed by atoms with Crippen LogP contribution in [-0.2, 0) is 14.8 Å². The van der Waals surface area contributed by atoms with Gasteiger partial charge in [0, 0.05) is 29.4 Å². The molecule has 1 aliphatic heterocycles. The monoisotopic (exact) mass is 423 g/mol. The number of halogens is 1. The molecule has 28 heavy (non-hydrogen) atoms. The fraction of sp³-hybridized carbons (Fsp3) is 0.278. The van der Waals surface area contributed by atoms with Crippen molar-refractivity contribution in [2.45, 2.75) is 30.2 Å². The van der Waals surface area contributed by atoms with Crippen molar-refractivity contribution in [3.05, 3.63) is 63.7 Å². The molecule has 0 unspecified atom stereocenters. The number of nitro benzene ring substituents is 1. The summed E-state index contributed by atoms with van der Waals surface area (Å²) in [6.45, 7) is 0.201. The van der Waals surface area contributed by atoms with Gasteiger partial charge in [0.1, 0.15) is 6.04 Å². The molecule has 1 N–H and O–H groups in total. The van der Waals surface area contributed by atoms with E-state index < -0.39 is 26.9 Å². The van der Waals surface area contributed by atoms with Crippen LogP contribution in [-0.4, -0.2) is 36.1 Å². The maximum atomic E-state index is 13.0. The van der Waals surface area contributed by atoms with Gasteiger partial charge in [-0.3, -0.25) is 14.9 Å². The summed E-state index contributed by atoms with van der Waals surface area (Å²) in [6, 6.07) is 10.4. The van der Waals surface area contributed by atoms with Gasteiger partial charge in [-0.15, -0.1) is 0 Å². The second kappa shape index (κ2) is 8.26. The average Bonchev–Trinajstić information content (AvgIpc) is 2.68. The molecule has 0 aromatic heterocycles. The molecular weight excluding hydrogens is 406 g/mol. The zero-order valence-electron chi connectivity index (χ0n) is 14.7. The molecule has 0 spiro atoms. The van der Waals surface area contributed by atoms with E-state index in [0.717, 1.165) is 22.9 Å². The van der Waals surface area contributed by atoms with Crippen LogP contribution in [0.3, 0.4) is 0 Å². The summed E-state index contributed by atoms with van der Waals surface area (Å²) in [6.07, 6.45) is 1.74. The lowest BCUT2D eigenvalue weighted by Gasteiger charge is -2.33. The third-order valence-electron chi connectivity index (χ3n) is 4.50. The standard InChI is InChI=1S/C18H18ClN3O5S/c19-13-4-3-5-14(12-13)20-18(23)17-6-1-2-11-21(17)28(26,27)16-9-7-15(8-10-16)22(24)25/h3-5,7-10,12,17H,1-2,6,11H2,(H,20,23)/t17-/m1/s1. The normalized spacial score (nSPS) is 17.8. The predicted molar refractivity (Wildman–Crippen MR) is 105 cm³/mol. The summed E-state index contributed by atoms with van der Waals surface area (Å²) >= 11 is 5.92. The number of hydrogen-bond acceptors (Lipinski definition) is 5. The van der Waals surface area contributed by atoms with Crippen molar-refractivity contribution in [2.24, 2.45) is 0 Å². The van der Waals surface area contributed by atoms with Crippen LogP contribution in [0.1, 0.15) is 19.3 Å². The molecule has 2 aromatic rings. The van der Waals surface area contributed by atoms with Gasteiger partial charge >= 0.3 is 0 Å². The number of carbonyl (C=O) groups is 1. The van der Waals surface area contributed by atoms with Crippen molar-refractivity contribution in [1.82, 2.24) is 4.31 Å². The Morgan fingerprint density at radius 2 is 1.89 bits per heavy atom. The van der Waals surface area contributed by atoms with Crippen LogP contribution in [0.15, 0.2) is 53.4 Å². The first-order valence-electron chi connectivity index (χ1n) is 8.62. The summed E-state index contributed by atoms with van der Waals surface area (Å²) in [4.78, 5) is 22.9. The highest BCUT2D eigenvalue weighted by molar-refractivity contribution is 7.89. The van der Waals surface area contributed by atoms with E-state index in [1.54, 1.807) is 24.3 Å². The lowest BCUT2D eigenvalue weighted by Crippen LogP contribution is -2.49. The molecule has 1 amide bonds. The Hall–Kier alpha value is -2.49. The second-order valence-corrected chi connectivity index (χ2v) is 8.70. The lowest BCUT2D eigenvalue weighted by molar-refractivity contribution is -0.384. The van der Waals surface area contributed by atoms with Gasteiger partial charge in [0.15, 0.2) is 0 Å². The molecule has 0 saturated carbocycles. The van der Waals surface area contributed by atoms with Crippen molar-refractivity contribution in [3.8, 4) is 0 Å². The topological polar surface area (TPSA) is 110 Å². The van der Waals surface area contributed by atoms with Crippen LogP contribution in [0.5, 0.6) is 0 Å². The van der Waals surface area contributed by atoms with Crippen molar-refractivity contribution in [3.63, 3.8) is 0 Å². The van der Waals surface area contributed by atoms with E-state index in [4.69, 9.17) is 11.6 Å². The number of piperidine rings is 1. The van der Waals surface area contributed by atoms with Crippen molar-refractivity contribution in [1.29, 1.82) is 0 Å². The van der Waals surface area contributed by atoms with E-state index >= 15 is 0 Å². The first kappa shape index (κ1) is 20.2. The molecule has 2 aromatic carbocycles. The van der Waals surface area contributed by atoms with Crippen molar-refractivity contribution in [2.75, 3.05) is 11.9 Å². The van der Waals surface area contributed by atoms with Gasteiger partial charge in [0.25, 0.3) is 5.69 Å². The first-order chi connectivity index (χ1) is 13.3. The fourth-order valence-electron chi connectivity index (χ4n) is 3.12. The highest BCUT2D eigenvalue weighted by Crippen LogP contribution is 2.27.